The van der Waals surface area contributed by atoms with Crippen molar-refractivity contribution in [3.63, 3.8) is 0 Å². The van der Waals surface area contributed by atoms with Gasteiger partial charge >= 0.3 is 0 Å². The third-order valence-electron chi connectivity index (χ3n) is 3.77. The molecule has 1 aromatic rings. The molecular weight excluding hydrogens is 407 g/mol. The fourth-order valence-corrected chi connectivity index (χ4v) is 3.26. The first-order valence-electron chi connectivity index (χ1n) is 7.74. The number of nitrogens with one attached hydrogen (secondary N) is 1. The van der Waals surface area contributed by atoms with E-state index in [1.54, 1.807) is 0 Å². The average Bonchev–Trinajstić information content (AvgIpc) is 2.97. The molecule has 2 heterocycles. The quantitative estimate of drug-likeness (QED) is 0.447. The van der Waals surface area contributed by atoms with Gasteiger partial charge in [0.2, 0.25) is 0 Å². The fourth-order valence-electron chi connectivity index (χ4n) is 2.47. The first-order valence-corrected chi connectivity index (χ1v) is 8.61. The Hall–Kier alpha value is -0.500. The summed E-state index contributed by atoms with van der Waals surface area (Å²) in [6.07, 6.45) is 1.15. The molecule has 1 aromatic heterocycles. The molecule has 0 unspecified atom stereocenters. The smallest absolute Gasteiger partial charge is 0.193 e. The number of aliphatic imine (C=N–C) groups is 1. The molecule has 0 aromatic carbocycles. The molecule has 2 rings (SSSR count). The molecule has 0 spiro atoms. The van der Waals surface area contributed by atoms with Crippen LogP contribution in [0.15, 0.2) is 22.5 Å². The van der Waals surface area contributed by atoms with Gasteiger partial charge in [-0.25, -0.2) is 0 Å². The van der Waals surface area contributed by atoms with E-state index in [2.05, 4.69) is 58.4 Å². The molecule has 1 aliphatic rings. The highest BCUT2D eigenvalue weighted by Crippen LogP contribution is 2.22. The number of hydrogen-bond donors (Lipinski definition) is 1. The van der Waals surface area contributed by atoms with Crippen LogP contribution in [0.1, 0.15) is 27.2 Å². The molecule has 0 bridgehead atoms. The predicted molar refractivity (Wildman–Crippen MR) is 109 cm³/mol. The molecule has 0 atom stereocenters. The summed E-state index contributed by atoms with van der Waals surface area (Å²) in [5, 5.41) is 7.03. The largest absolute Gasteiger partial charge is 0.360 e. The summed E-state index contributed by atoms with van der Waals surface area (Å²) in [5.74, 6) is 1.05. The van der Waals surface area contributed by atoms with Gasteiger partial charge in [0.25, 0.3) is 0 Å². The molecule has 1 saturated heterocycles. The monoisotopic (exact) mass is 436 g/mol. The Kier molecular flexibility index (Phi) is 7.96. The topological polar surface area (TPSA) is 30.9 Å². The molecule has 6 heteroatoms. The van der Waals surface area contributed by atoms with Crippen LogP contribution in [-0.4, -0.2) is 50.6 Å². The van der Waals surface area contributed by atoms with Gasteiger partial charge in [0.15, 0.2) is 5.96 Å². The van der Waals surface area contributed by atoms with Crippen LogP contribution < -0.4 is 10.2 Å². The SMILES string of the molecule is CN=C(NCCC(C)(C)C)N1CCN(c2cccs2)CC1.I. The average molecular weight is 436 g/mol. The second-order valence-corrected chi connectivity index (χ2v) is 7.64. The predicted octanol–water partition coefficient (Wildman–Crippen LogP) is 3.50. The highest BCUT2D eigenvalue weighted by Gasteiger charge is 2.20. The molecule has 0 aliphatic carbocycles. The zero-order chi connectivity index (χ0) is 15.3. The third-order valence-corrected chi connectivity index (χ3v) is 4.70. The number of rotatable bonds is 3. The first-order chi connectivity index (χ1) is 9.99. The summed E-state index contributed by atoms with van der Waals surface area (Å²) in [6.45, 7) is 12.0. The molecule has 22 heavy (non-hydrogen) atoms. The summed E-state index contributed by atoms with van der Waals surface area (Å²) < 4.78 is 0. The Morgan fingerprint density at radius 3 is 2.45 bits per heavy atom. The van der Waals surface area contributed by atoms with E-state index in [4.69, 9.17) is 0 Å². The minimum absolute atomic E-state index is 0. The summed E-state index contributed by atoms with van der Waals surface area (Å²) >= 11 is 1.82. The molecule has 0 saturated carbocycles. The molecule has 4 nitrogen and oxygen atoms in total. The number of halogens is 1. The molecule has 1 fully saturated rings. The van der Waals surface area contributed by atoms with Crippen LogP contribution in [0.3, 0.4) is 0 Å². The second-order valence-electron chi connectivity index (χ2n) is 6.71. The van der Waals surface area contributed by atoms with Crippen molar-refractivity contribution in [2.45, 2.75) is 27.2 Å². The van der Waals surface area contributed by atoms with E-state index in [9.17, 15) is 0 Å². The Morgan fingerprint density at radius 1 is 1.27 bits per heavy atom. The minimum atomic E-state index is 0. The molecule has 0 amide bonds. The van der Waals surface area contributed by atoms with E-state index in [0.29, 0.717) is 5.41 Å². The van der Waals surface area contributed by atoms with Gasteiger partial charge in [-0.1, -0.05) is 20.8 Å². The van der Waals surface area contributed by atoms with E-state index in [-0.39, 0.29) is 24.0 Å². The van der Waals surface area contributed by atoms with E-state index in [0.717, 1.165) is 45.1 Å². The number of piperazine rings is 1. The summed E-state index contributed by atoms with van der Waals surface area (Å²) in [5.41, 5.74) is 0.365. The van der Waals surface area contributed by atoms with Gasteiger partial charge in [0, 0.05) is 39.8 Å². The van der Waals surface area contributed by atoms with Crippen molar-refractivity contribution in [2.24, 2.45) is 10.4 Å². The first kappa shape index (κ1) is 19.5. The Balaban J connectivity index is 0.00000242. The molecule has 126 valence electrons. The summed E-state index contributed by atoms with van der Waals surface area (Å²) in [6, 6.07) is 4.33. The van der Waals surface area contributed by atoms with Crippen molar-refractivity contribution in [1.82, 2.24) is 10.2 Å². The summed E-state index contributed by atoms with van der Waals surface area (Å²) in [4.78, 5) is 9.26. The number of nitrogens with zero attached hydrogens (tertiary/aromatic N) is 3. The zero-order valence-corrected chi connectivity index (χ0v) is 17.3. The van der Waals surface area contributed by atoms with E-state index < -0.39 is 0 Å². The Labute approximate surface area is 156 Å². The maximum Gasteiger partial charge on any atom is 0.193 e. The van der Waals surface area contributed by atoms with Crippen LogP contribution >= 0.6 is 35.3 Å². The molecular formula is C16H29IN4S. The maximum atomic E-state index is 4.43. The Bertz CT molecular complexity index is 445. The van der Waals surface area contributed by atoms with Gasteiger partial charge in [0.1, 0.15) is 0 Å². The molecule has 1 aliphatic heterocycles. The van der Waals surface area contributed by atoms with Crippen LogP contribution in [0.5, 0.6) is 0 Å². The highest BCUT2D eigenvalue weighted by atomic mass is 127. The normalized spacial score (nSPS) is 16.5. The molecule has 0 radical (unpaired) electrons. The highest BCUT2D eigenvalue weighted by molar-refractivity contribution is 14.0. The minimum Gasteiger partial charge on any atom is -0.360 e. The van der Waals surface area contributed by atoms with E-state index >= 15 is 0 Å². The van der Waals surface area contributed by atoms with Crippen LogP contribution in [-0.2, 0) is 0 Å². The van der Waals surface area contributed by atoms with Crippen LogP contribution in [0.25, 0.3) is 0 Å². The van der Waals surface area contributed by atoms with Crippen molar-refractivity contribution in [2.75, 3.05) is 44.7 Å². The number of guanidine groups is 1. The zero-order valence-electron chi connectivity index (χ0n) is 14.1. The van der Waals surface area contributed by atoms with Gasteiger partial charge < -0.3 is 15.1 Å². The fraction of sp³-hybridized carbons (Fsp3) is 0.688. The standard InChI is InChI=1S/C16H28N4S.HI/c1-16(2,3)7-8-18-15(17-4)20-11-9-19(10-12-20)14-6-5-13-21-14;/h5-6,13H,7-12H2,1-4H3,(H,17,18);1H. The molecule has 1 N–H and O–H groups in total. The lowest BCUT2D eigenvalue weighted by atomic mass is 9.92. The number of anilines is 1. The Morgan fingerprint density at radius 2 is 1.95 bits per heavy atom. The number of thiophene rings is 1. The van der Waals surface area contributed by atoms with Gasteiger partial charge in [0.05, 0.1) is 5.00 Å². The van der Waals surface area contributed by atoms with Gasteiger partial charge in [-0.2, -0.15) is 0 Å². The van der Waals surface area contributed by atoms with Crippen molar-refractivity contribution in [3.05, 3.63) is 17.5 Å². The van der Waals surface area contributed by atoms with Crippen molar-refractivity contribution < 1.29 is 0 Å². The lowest BCUT2D eigenvalue weighted by molar-refractivity contribution is 0.354. The van der Waals surface area contributed by atoms with E-state index in [1.165, 1.54) is 5.00 Å². The number of hydrogen-bond acceptors (Lipinski definition) is 3. The van der Waals surface area contributed by atoms with Crippen molar-refractivity contribution in [1.29, 1.82) is 0 Å². The lowest BCUT2D eigenvalue weighted by Crippen LogP contribution is -2.52. The van der Waals surface area contributed by atoms with Crippen molar-refractivity contribution in [3.8, 4) is 0 Å². The van der Waals surface area contributed by atoms with Crippen molar-refractivity contribution >= 4 is 46.3 Å². The maximum absolute atomic E-state index is 4.43. The van der Waals surface area contributed by atoms with Crippen LogP contribution in [0.4, 0.5) is 5.00 Å². The van der Waals surface area contributed by atoms with Gasteiger partial charge in [-0.3, -0.25) is 4.99 Å². The summed E-state index contributed by atoms with van der Waals surface area (Å²) in [7, 11) is 1.88. The lowest BCUT2D eigenvalue weighted by Gasteiger charge is -2.37. The third kappa shape index (κ3) is 5.95. The second kappa shape index (κ2) is 8.96. The van der Waals surface area contributed by atoms with E-state index in [1.807, 2.05) is 18.4 Å². The van der Waals surface area contributed by atoms with Gasteiger partial charge in [-0.05, 0) is 29.3 Å². The van der Waals surface area contributed by atoms with Crippen LogP contribution in [0, 0.1) is 5.41 Å². The van der Waals surface area contributed by atoms with Crippen LogP contribution in [0.2, 0.25) is 0 Å². The van der Waals surface area contributed by atoms with Gasteiger partial charge in [-0.15, -0.1) is 35.3 Å².